The molecule has 2 heterocycles. The molecular weight excluding hydrogens is 426 g/mol. The van der Waals surface area contributed by atoms with E-state index >= 15 is 0 Å². The molecule has 0 bridgehead atoms. The van der Waals surface area contributed by atoms with E-state index in [0.717, 1.165) is 10.4 Å². The van der Waals surface area contributed by atoms with Gasteiger partial charge in [0.2, 0.25) is 5.91 Å². The van der Waals surface area contributed by atoms with Crippen LogP contribution in [-0.2, 0) is 16.1 Å². The maximum absolute atomic E-state index is 13.3. The maximum Gasteiger partial charge on any atom is 0.332 e. The highest BCUT2D eigenvalue weighted by Crippen LogP contribution is 2.29. The monoisotopic (exact) mass is 449 g/mol. The number of imide groups is 1. The molecule has 0 spiro atoms. The van der Waals surface area contributed by atoms with Gasteiger partial charge in [-0.15, -0.1) is 11.3 Å². The summed E-state index contributed by atoms with van der Waals surface area (Å²) in [5, 5.41) is 4.71. The Balaban J connectivity index is 1.56. The quantitative estimate of drug-likeness (QED) is 0.541. The molecule has 1 N–H and O–H groups in total. The second-order valence-electron chi connectivity index (χ2n) is 7.50. The summed E-state index contributed by atoms with van der Waals surface area (Å²) in [4.78, 5) is 42.9. The van der Waals surface area contributed by atoms with E-state index in [1.54, 1.807) is 43.5 Å². The Kier molecular flexibility index (Phi) is 6.23. The van der Waals surface area contributed by atoms with Crippen molar-refractivity contribution in [2.45, 2.75) is 25.9 Å². The molecule has 4 rings (SSSR count). The highest BCUT2D eigenvalue weighted by atomic mass is 32.1. The van der Waals surface area contributed by atoms with Crippen molar-refractivity contribution in [2.24, 2.45) is 0 Å². The van der Waals surface area contributed by atoms with Crippen molar-refractivity contribution in [3.63, 3.8) is 0 Å². The first-order chi connectivity index (χ1) is 15.5. The number of ether oxygens (including phenoxy) is 1. The number of amides is 4. The molecule has 8 heteroatoms. The fourth-order valence-corrected chi connectivity index (χ4v) is 4.28. The van der Waals surface area contributed by atoms with Crippen LogP contribution in [-0.4, -0.2) is 35.9 Å². The number of thiophene rings is 1. The average Bonchev–Trinajstić information content (AvgIpc) is 3.38. The largest absolute Gasteiger partial charge is 0.497 e. The predicted octanol–water partition coefficient (Wildman–Crippen LogP) is 4.43. The van der Waals surface area contributed by atoms with E-state index in [2.05, 4.69) is 5.32 Å². The number of carbonyl (C=O) groups is 3. The molecule has 1 fully saturated rings. The van der Waals surface area contributed by atoms with E-state index in [0.29, 0.717) is 17.1 Å². The number of hydrogen-bond acceptors (Lipinski definition) is 5. The smallest absolute Gasteiger partial charge is 0.332 e. The maximum atomic E-state index is 13.3. The van der Waals surface area contributed by atoms with Crippen molar-refractivity contribution in [3.8, 4) is 5.75 Å². The second kappa shape index (κ2) is 9.23. The van der Waals surface area contributed by atoms with Gasteiger partial charge in [-0.2, -0.15) is 0 Å². The summed E-state index contributed by atoms with van der Waals surface area (Å²) in [5.74, 6) is -0.0704. The van der Waals surface area contributed by atoms with E-state index in [1.165, 1.54) is 21.1 Å². The Bertz CT molecular complexity index is 1110. The third-order valence-electron chi connectivity index (χ3n) is 5.27. The third kappa shape index (κ3) is 4.50. The number of carbonyl (C=O) groups excluding carboxylic acids is 3. The SMILES string of the molecule is COc1ccc(NC(=O)C[C@@H]2C(=O)N(c3ccc(C)cc3)C(=O)N2Cc2cccs2)cc1. The highest BCUT2D eigenvalue weighted by molar-refractivity contribution is 7.09. The van der Waals surface area contributed by atoms with Crippen LogP contribution in [0, 0.1) is 6.92 Å². The minimum absolute atomic E-state index is 0.135. The van der Waals surface area contributed by atoms with Crippen molar-refractivity contribution in [2.75, 3.05) is 17.3 Å². The summed E-state index contributed by atoms with van der Waals surface area (Å²) in [6.07, 6.45) is -0.135. The van der Waals surface area contributed by atoms with Crippen LogP contribution in [0.2, 0.25) is 0 Å². The summed E-state index contributed by atoms with van der Waals surface area (Å²) in [7, 11) is 1.57. The second-order valence-corrected chi connectivity index (χ2v) is 8.53. The van der Waals surface area contributed by atoms with Gasteiger partial charge in [0, 0.05) is 10.6 Å². The molecule has 3 aromatic rings. The molecule has 1 atom stereocenters. The van der Waals surface area contributed by atoms with Crippen LogP contribution in [0.25, 0.3) is 0 Å². The highest BCUT2D eigenvalue weighted by Gasteiger charge is 2.46. The predicted molar refractivity (Wildman–Crippen MR) is 124 cm³/mol. The van der Waals surface area contributed by atoms with Crippen LogP contribution in [0.3, 0.4) is 0 Å². The van der Waals surface area contributed by atoms with Gasteiger partial charge in [0.05, 0.1) is 25.8 Å². The molecule has 0 saturated carbocycles. The number of methoxy groups -OCH3 is 1. The molecule has 4 amide bonds. The van der Waals surface area contributed by atoms with Crippen LogP contribution < -0.4 is 15.0 Å². The van der Waals surface area contributed by atoms with Gasteiger partial charge in [0.1, 0.15) is 11.8 Å². The summed E-state index contributed by atoms with van der Waals surface area (Å²) in [5.41, 5.74) is 2.12. The fraction of sp³-hybridized carbons (Fsp3) is 0.208. The number of rotatable bonds is 7. The first-order valence-electron chi connectivity index (χ1n) is 10.1. The Morgan fingerprint density at radius 2 is 1.78 bits per heavy atom. The molecule has 32 heavy (non-hydrogen) atoms. The van der Waals surface area contributed by atoms with Gasteiger partial charge in [0.25, 0.3) is 5.91 Å². The van der Waals surface area contributed by atoms with Crippen LogP contribution in [0.1, 0.15) is 16.9 Å². The van der Waals surface area contributed by atoms with Gasteiger partial charge in [-0.05, 0) is 54.8 Å². The van der Waals surface area contributed by atoms with Gasteiger partial charge in [-0.25, -0.2) is 9.69 Å². The minimum atomic E-state index is -0.885. The zero-order valence-corrected chi connectivity index (χ0v) is 18.6. The molecular formula is C24H23N3O4S. The van der Waals surface area contributed by atoms with Crippen molar-refractivity contribution in [1.29, 1.82) is 0 Å². The lowest BCUT2D eigenvalue weighted by atomic mass is 10.1. The van der Waals surface area contributed by atoms with Gasteiger partial charge < -0.3 is 15.0 Å². The molecule has 1 saturated heterocycles. The number of benzene rings is 2. The zero-order valence-electron chi connectivity index (χ0n) is 17.8. The molecule has 1 aliphatic heterocycles. The van der Waals surface area contributed by atoms with E-state index < -0.39 is 18.0 Å². The lowest BCUT2D eigenvalue weighted by Gasteiger charge is -2.21. The molecule has 7 nitrogen and oxygen atoms in total. The molecule has 2 aromatic carbocycles. The van der Waals surface area contributed by atoms with E-state index in [9.17, 15) is 14.4 Å². The van der Waals surface area contributed by atoms with Crippen LogP contribution in [0.5, 0.6) is 5.75 Å². The van der Waals surface area contributed by atoms with Crippen molar-refractivity contribution >= 4 is 40.6 Å². The van der Waals surface area contributed by atoms with E-state index in [1.807, 2.05) is 36.6 Å². The first kappa shape index (κ1) is 21.6. The van der Waals surface area contributed by atoms with Gasteiger partial charge in [-0.3, -0.25) is 9.59 Å². The number of anilines is 2. The molecule has 0 aliphatic carbocycles. The molecule has 1 aromatic heterocycles. The summed E-state index contributed by atoms with van der Waals surface area (Å²) < 4.78 is 5.13. The lowest BCUT2D eigenvalue weighted by Crippen LogP contribution is -2.37. The van der Waals surface area contributed by atoms with Gasteiger partial charge in [0.15, 0.2) is 0 Å². The minimum Gasteiger partial charge on any atom is -0.497 e. The van der Waals surface area contributed by atoms with Crippen LogP contribution in [0.15, 0.2) is 66.0 Å². The average molecular weight is 450 g/mol. The summed E-state index contributed by atoms with van der Waals surface area (Å²) in [6.45, 7) is 2.21. The van der Waals surface area contributed by atoms with E-state index in [4.69, 9.17) is 4.74 Å². The Labute approximate surface area is 190 Å². The number of nitrogens with one attached hydrogen (secondary N) is 1. The zero-order chi connectivity index (χ0) is 22.7. The number of hydrogen-bond donors (Lipinski definition) is 1. The Morgan fingerprint density at radius 3 is 2.41 bits per heavy atom. The molecule has 0 radical (unpaired) electrons. The number of urea groups is 1. The Hall–Kier alpha value is -3.65. The summed E-state index contributed by atoms with van der Waals surface area (Å²) >= 11 is 1.50. The fourth-order valence-electron chi connectivity index (χ4n) is 3.58. The van der Waals surface area contributed by atoms with Crippen LogP contribution in [0.4, 0.5) is 16.2 Å². The van der Waals surface area contributed by atoms with Gasteiger partial charge >= 0.3 is 6.03 Å². The van der Waals surface area contributed by atoms with Gasteiger partial charge in [-0.1, -0.05) is 23.8 Å². The molecule has 0 unspecified atom stereocenters. The van der Waals surface area contributed by atoms with E-state index in [-0.39, 0.29) is 18.9 Å². The first-order valence-corrected chi connectivity index (χ1v) is 11.0. The third-order valence-corrected chi connectivity index (χ3v) is 6.13. The van der Waals surface area contributed by atoms with Crippen molar-refractivity contribution in [1.82, 2.24) is 4.90 Å². The Morgan fingerprint density at radius 1 is 1.06 bits per heavy atom. The van der Waals surface area contributed by atoms with Crippen molar-refractivity contribution < 1.29 is 19.1 Å². The molecule has 164 valence electrons. The summed E-state index contributed by atoms with van der Waals surface area (Å²) in [6, 6.07) is 16.6. The number of aryl methyl sites for hydroxylation is 1. The molecule has 1 aliphatic rings. The standard InChI is InChI=1S/C24H23N3O4S/c1-16-5-9-18(10-6-16)27-23(29)21(26(24(27)30)15-20-4-3-13-32-20)14-22(28)25-17-7-11-19(31-2)12-8-17/h3-13,21H,14-15H2,1-2H3,(H,25,28)/t21-/m1/s1. The van der Waals surface area contributed by atoms with Crippen molar-refractivity contribution in [3.05, 3.63) is 76.5 Å². The topological polar surface area (TPSA) is 79.0 Å². The lowest BCUT2D eigenvalue weighted by molar-refractivity contribution is -0.124. The normalized spacial score (nSPS) is 15.9. The number of nitrogens with zero attached hydrogens (tertiary/aromatic N) is 2. The van der Waals surface area contributed by atoms with Crippen LogP contribution >= 0.6 is 11.3 Å².